The molecule has 0 spiro atoms. The highest BCUT2D eigenvalue weighted by molar-refractivity contribution is 9.10. The van der Waals surface area contributed by atoms with Gasteiger partial charge in [0.25, 0.3) is 0 Å². The standard InChI is InChI=1S/C14H7BrF6O3/c15-8-1-6-11(12(7-8)24-14(19,20)21)22-9-2-4-10(5-3-9)23-13(16,17)18/h1-7H. The monoisotopic (exact) mass is 416 g/mol. The lowest BCUT2D eigenvalue weighted by molar-refractivity contribution is -0.275. The molecule has 0 atom stereocenters. The van der Waals surface area contributed by atoms with E-state index in [9.17, 15) is 26.3 Å². The predicted molar refractivity (Wildman–Crippen MR) is 74.0 cm³/mol. The summed E-state index contributed by atoms with van der Waals surface area (Å²) in [4.78, 5) is 0. The molecule has 0 aromatic heterocycles. The number of halogens is 7. The smallest absolute Gasteiger partial charge is 0.453 e. The van der Waals surface area contributed by atoms with Gasteiger partial charge in [-0.3, -0.25) is 0 Å². The summed E-state index contributed by atoms with van der Waals surface area (Å²) in [5.74, 6) is -1.36. The Morgan fingerprint density at radius 3 is 1.75 bits per heavy atom. The molecular weight excluding hydrogens is 410 g/mol. The molecule has 0 aliphatic heterocycles. The van der Waals surface area contributed by atoms with Crippen molar-refractivity contribution in [1.82, 2.24) is 0 Å². The number of rotatable bonds is 4. The maximum absolute atomic E-state index is 12.4. The highest BCUT2D eigenvalue weighted by Gasteiger charge is 2.33. The average molecular weight is 417 g/mol. The third-order valence-electron chi connectivity index (χ3n) is 2.42. The molecule has 0 unspecified atom stereocenters. The maximum Gasteiger partial charge on any atom is 0.573 e. The van der Waals surface area contributed by atoms with Gasteiger partial charge in [0.2, 0.25) is 0 Å². The number of alkyl halides is 6. The van der Waals surface area contributed by atoms with Gasteiger partial charge < -0.3 is 14.2 Å². The van der Waals surface area contributed by atoms with Gasteiger partial charge in [-0.25, -0.2) is 0 Å². The van der Waals surface area contributed by atoms with Crippen LogP contribution in [0.15, 0.2) is 46.9 Å². The lowest BCUT2D eigenvalue weighted by atomic mass is 10.3. The fraction of sp³-hybridized carbons (Fsp3) is 0.143. The molecule has 0 heterocycles. The molecule has 0 saturated carbocycles. The van der Waals surface area contributed by atoms with E-state index in [4.69, 9.17) is 4.74 Å². The Morgan fingerprint density at radius 1 is 0.667 bits per heavy atom. The van der Waals surface area contributed by atoms with Crippen molar-refractivity contribution >= 4 is 15.9 Å². The molecule has 3 nitrogen and oxygen atoms in total. The van der Waals surface area contributed by atoms with Gasteiger partial charge in [0.15, 0.2) is 11.5 Å². The van der Waals surface area contributed by atoms with Gasteiger partial charge in [-0.2, -0.15) is 0 Å². The second-order valence-electron chi connectivity index (χ2n) is 4.26. The van der Waals surface area contributed by atoms with Crippen LogP contribution in [0.25, 0.3) is 0 Å². The average Bonchev–Trinajstić information content (AvgIpc) is 2.40. The van der Waals surface area contributed by atoms with Crippen LogP contribution in [-0.2, 0) is 0 Å². The second-order valence-corrected chi connectivity index (χ2v) is 5.18. The molecule has 0 aliphatic rings. The highest BCUT2D eigenvalue weighted by atomic mass is 79.9. The molecule has 0 N–H and O–H groups in total. The van der Waals surface area contributed by atoms with Crippen LogP contribution in [0.3, 0.4) is 0 Å². The minimum atomic E-state index is -4.93. The van der Waals surface area contributed by atoms with Crippen molar-refractivity contribution in [3.05, 3.63) is 46.9 Å². The Bertz CT molecular complexity index is 697. The molecule has 10 heteroatoms. The van der Waals surface area contributed by atoms with E-state index in [1.54, 1.807) is 0 Å². The molecule has 0 bridgehead atoms. The summed E-state index contributed by atoms with van der Waals surface area (Å²) in [5.41, 5.74) is 0. The number of ether oxygens (including phenoxy) is 3. The third-order valence-corrected chi connectivity index (χ3v) is 2.91. The summed E-state index contributed by atoms with van der Waals surface area (Å²) in [7, 11) is 0. The molecule has 0 fully saturated rings. The topological polar surface area (TPSA) is 27.7 Å². The first-order chi connectivity index (χ1) is 11.0. The minimum Gasteiger partial charge on any atom is -0.453 e. The van der Waals surface area contributed by atoms with Crippen molar-refractivity contribution in [1.29, 1.82) is 0 Å². The van der Waals surface area contributed by atoms with Crippen LogP contribution in [0, 0.1) is 0 Å². The van der Waals surface area contributed by atoms with Crippen molar-refractivity contribution in [2.75, 3.05) is 0 Å². The minimum absolute atomic E-state index is 0.00104. The van der Waals surface area contributed by atoms with Crippen LogP contribution in [0.2, 0.25) is 0 Å². The maximum atomic E-state index is 12.4. The summed E-state index contributed by atoms with van der Waals surface area (Å²) in [5, 5.41) is 0. The lowest BCUT2D eigenvalue weighted by Crippen LogP contribution is -2.17. The van der Waals surface area contributed by atoms with E-state index in [0.29, 0.717) is 4.47 Å². The van der Waals surface area contributed by atoms with E-state index in [-0.39, 0.29) is 11.5 Å². The van der Waals surface area contributed by atoms with Crippen LogP contribution in [-0.4, -0.2) is 12.7 Å². The Kier molecular flexibility index (Phi) is 5.16. The molecule has 2 aromatic rings. The number of hydrogen-bond donors (Lipinski definition) is 0. The van der Waals surface area contributed by atoms with Crippen molar-refractivity contribution in [2.45, 2.75) is 12.7 Å². The van der Waals surface area contributed by atoms with Crippen LogP contribution in [0.4, 0.5) is 26.3 Å². The lowest BCUT2D eigenvalue weighted by Gasteiger charge is -2.14. The quantitative estimate of drug-likeness (QED) is 0.568. The molecule has 2 aromatic carbocycles. The summed E-state index contributed by atoms with van der Waals surface area (Å²) < 4.78 is 86.4. The summed E-state index contributed by atoms with van der Waals surface area (Å²) in [6, 6.07) is 7.83. The van der Waals surface area contributed by atoms with Gasteiger partial charge >= 0.3 is 12.7 Å². The van der Waals surface area contributed by atoms with Crippen molar-refractivity contribution in [2.24, 2.45) is 0 Å². The van der Waals surface area contributed by atoms with Gasteiger partial charge in [-0.05, 0) is 42.5 Å². The Balaban J connectivity index is 2.19. The zero-order valence-electron chi connectivity index (χ0n) is 11.4. The fourth-order valence-corrected chi connectivity index (χ4v) is 1.95. The Labute approximate surface area is 139 Å². The first kappa shape index (κ1) is 18.2. The fourth-order valence-electron chi connectivity index (χ4n) is 1.61. The van der Waals surface area contributed by atoms with E-state index in [2.05, 4.69) is 25.4 Å². The van der Waals surface area contributed by atoms with E-state index >= 15 is 0 Å². The van der Waals surface area contributed by atoms with Crippen LogP contribution in [0.5, 0.6) is 23.0 Å². The molecule has 130 valence electrons. The van der Waals surface area contributed by atoms with Crippen LogP contribution >= 0.6 is 15.9 Å². The van der Waals surface area contributed by atoms with Gasteiger partial charge in [0.05, 0.1) is 0 Å². The van der Waals surface area contributed by atoms with Gasteiger partial charge in [-0.15, -0.1) is 26.3 Å². The van der Waals surface area contributed by atoms with Crippen molar-refractivity contribution in [3.8, 4) is 23.0 Å². The molecule has 2 rings (SSSR count). The van der Waals surface area contributed by atoms with Gasteiger partial charge in [0.1, 0.15) is 11.5 Å². The third kappa shape index (κ3) is 5.84. The van der Waals surface area contributed by atoms with E-state index in [1.165, 1.54) is 12.1 Å². The molecule has 0 aliphatic carbocycles. The molecule has 0 saturated heterocycles. The summed E-state index contributed by atoms with van der Waals surface area (Å²) in [6.07, 6.45) is -9.77. The van der Waals surface area contributed by atoms with Crippen LogP contribution < -0.4 is 14.2 Å². The SMILES string of the molecule is FC(F)(F)Oc1ccc(Oc2ccc(Br)cc2OC(F)(F)F)cc1. The van der Waals surface area contributed by atoms with Crippen molar-refractivity contribution in [3.63, 3.8) is 0 Å². The summed E-state index contributed by atoms with van der Waals surface area (Å²) >= 11 is 3.00. The number of hydrogen-bond acceptors (Lipinski definition) is 3. The largest absolute Gasteiger partial charge is 0.573 e. The van der Waals surface area contributed by atoms with Crippen molar-refractivity contribution < 1.29 is 40.6 Å². The van der Waals surface area contributed by atoms with Gasteiger partial charge in [-0.1, -0.05) is 15.9 Å². The van der Waals surface area contributed by atoms with E-state index in [0.717, 1.165) is 30.3 Å². The molecule has 24 heavy (non-hydrogen) atoms. The molecule has 0 amide bonds. The molecule has 0 radical (unpaired) electrons. The zero-order valence-corrected chi connectivity index (χ0v) is 13.0. The highest BCUT2D eigenvalue weighted by Crippen LogP contribution is 2.37. The van der Waals surface area contributed by atoms with E-state index in [1.807, 2.05) is 0 Å². The first-order valence-corrected chi connectivity index (χ1v) is 6.90. The van der Waals surface area contributed by atoms with Gasteiger partial charge in [0, 0.05) is 4.47 Å². The summed E-state index contributed by atoms with van der Waals surface area (Å²) in [6.45, 7) is 0. The van der Waals surface area contributed by atoms with Crippen LogP contribution in [0.1, 0.15) is 0 Å². The van der Waals surface area contributed by atoms with E-state index < -0.39 is 24.2 Å². The predicted octanol–water partition coefficient (Wildman–Crippen LogP) is 6.04. The second kappa shape index (κ2) is 6.80. The normalized spacial score (nSPS) is 12.0. The zero-order chi connectivity index (χ0) is 18.0. The Morgan fingerprint density at radius 2 is 1.21 bits per heavy atom. The molecular formula is C14H7BrF6O3. The number of benzene rings is 2. The first-order valence-electron chi connectivity index (χ1n) is 6.11. The Hall–Kier alpha value is -2.10.